The first-order valence-corrected chi connectivity index (χ1v) is 6.56. The lowest BCUT2D eigenvalue weighted by molar-refractivity contribution is -0.305. The summed E-state index contributed by atoms with van der Waals surface area (Å²) in [6, 6.07) is 5.38. The summed E-state index contributed by atoms with van der Waals surface area (Å²) in [4.78, 5) is 45.0. The molecule has 0 bridgehead atoms. The summed E-state index contributed by atoms with van der Waals surface area (Å²) in [5, 5.41) is 22.1. The molecule has 0 aromatic heterocycles. The van der Waals surface area contributed by atoms with E-state index in [-0.39, 0.29) is 5.56 Å². The molecule has 1 heterocycles. The minimum Gasteiger partial charge on any atom is -0.548 e. The molecule has 0 radical (unpaired) electrons. The average molecular weight is 308 g/mol. The predicted molar refractivity (Wildman–Crippen MR) is 67.9 cm³/mol. The molecule has 110 valence electrons. The monoisotopic (exact) mass is 308 g/mol. The van der Waals surface area contributed by atoms with E-state index in [1.807, 2.05) is 0 Å². The molecule has 0 saturated carbocycles. The van der Waals surface area contributed by atoms with Crippen LogP contribution in [0.25, 0.3) is 0 Å². The number of nitrogens with one attached hydrogen (secondary N) is 1. The molecule has 9 heteroatoms. The van der Waals surface area contributed by atoms with Gasteiger partial charge in [0.1, 0.15) is 0 Å². The van der Waals surface area contributed by atoms with E-state index in [1.54, 1.807) is 0 Å². The van der Waals surface area contributed by atoms with Gasteiger partial charge in [-0.1, -0.05) is 12.1 Å². The lowest BCUT2D eigenvalue weighted by Crippen LogP contribution is -2.42. The van der Waals surface area contributed by atoms with Gasteiger partial charge in [-0.05, 0) is 29.5 Å². The molecule has 1 aromatic carbocycles. The van der Waals surface area contributed by atoms with Crippen LogP contribution in [0.15, 0.2) is 24.3 Å². The van der Waals surface area contributed by atoms with Gasteiger partial charge in [-0.2, -0.15) is 0 Å². The van der Waals surface area contributed by atoms with Crippen molar-refractivity contribution in [2.24, 2.45) is 0 Å². The van der Waals surface area contributed by atoms with E-state index in [4.69, 9.17) is 0 Å². The number of carbonyl (C=O) groups excluding carboxylic acids is 4. The summed E-state index contributed by atoms with van der Waals surface area (Å²) >= 11 is 0.636. The van der Waals surface area contributed by atoms with Gasteiger partial charge in [0.15, 0.2) is 5.37 Å². The maximum Gasteiger partial charge on any atom is 0.291 e. The molecule has 21 heavy (non-hydrogen) atoms. The third kappa shape index (κ3) is 3.31. The summed E-state index contributed by atoms with van der Waals surface area (Å²) in [6.07, 6.45) is 0. The molecule has 2 rings (SSSR count). The number of hydrogen-bond acceptors (Lipinski definition) is 8. The fourth-order valence-corrected chi connectivity index (χ4v) is 2.57. The molecule has 1 aromatic rings. The number of imide groups is 1. The standard InChI is InChI=1S/C12H10N2O6S/c15-8(16)5-14-10(17)9(21-12(14)20)13-7-3-1-6(2-4-7)11(18)19/h1-4,9,13H,5H2,(H,15,16)(H,18,19)/p-2/t9-/m0/s1. The Labute approximate surface area is 122 Å². The number of nitrogens with zero attached hydrogens (tertiary/aromatic N) is 1. The smallest absolute Gasteiger partial charge is 0.291 e. The van der Waals surface area contributed by atoms with Crippen LogP contribution in [0.1, 0.15) is 10.4 Å². The van der Waals surface area contributed by atoms with Gasteiger partial charge >= 0.3 is 0 Å². The highest BCUT2D eigenvalue weighted by molar-refractivity contribution is 8.15. The first-order chi connectivity index (χ1) is 9.88. The maximum atomic E-state index is 11.9. The lowest BCUT2D eigenvalue weighted by atomic mass is 10.2. The van der Waals surface area contributed by atoms with Gasteiger partial charge in [0.25, 0.3) is 11.1 Å². The van der Waals surface area contributed by atoms with Gasteiger partial charge in [0, 0.05) is 5.69 Å². The summed E-state index contributed by atoms with van der Waals surface area (Å²) in [6.45, 7) is -0.799. The minimum absolute atomic E-state index is 0.0272. The van der Waals surface area contributed by atoms with Gasteiger partial charge in [-0.25, -0.2) is 0 Å². The van der Waals surface area contributed by atoms with Crippen molar-refractivity contribution in [3.8, 4) is 0 Å². The van der Waals surface area contributed by atoms with E-state index in [0.29, 0.717) is 22.3 Å². The first kappa shape index (κ1) is 14.9. The Morgan fingerprint density at radius 3 is 2.33 bits per heavy atom. The SMILES string of the molecule is O=C([O-])CN1C(=O)S[C@H](Nc2ccc(C(=O)[O-])cc2)C1=O. The van der Waals surface area contributed by atoms with Crippen molar-refractivity contribution in [2.45, 2.75) is 5.37 Å². The Morgan fingerprint density at radius 1 is 1.19 bits per heavy atom. The minimum atomic E-state index is -1.53. The molecular weight excluding hydrogens is 300 g/mol. The number of rotatable bonds is 5. The second kappa shape index (κ2) is 5.83. The topological polar surface area (TPSA) is 130 Å². The molecule has 1 aliphatic rings. The van der Waals surface area contributed by atoms with Crippen LogP contribution in [-0.2, 0) is 9.59 Å². The summed E-state index contributed by atoms with van der Waals surface area (Å²) in [5.74, 6) is -3.56. The number of carboxylic acids is 2. The molecule has 0 spiro atoms. The van der Waals surface area contributed by atoms with Crippen molar-refractivity contribution in [1.29, 1.82) is 0 Å². The predicted octanol–water partition coefficient (Wildman–Crippen LogP) is -1.77. The van der Waals surface area contributed by atoms with Crippen molar-refractivity contribution in [1.82, 2.24) is 4.90 Å². The van der Waals surface area contributed by atoms with Gasteiger partial charge in [0.05, 0.1) is 18.5 Å². The average Bonchev–Trinajstić information content (AvgIpc) is 2.67. The van der Waals surface area contributed by atoms with Crippen molar-refractivity contribution in [2.75, 3.05) is 11.9 Å². The van der Waals surface area contributed by atoms with E-state index < -0.39 is 35.0 Å². The summed E-state index contributed by atoms with van der Waals surface area (Å²) in [7, 11) is 0. The number of carbonyl (C=O) groups is 4. The summed E-state index contributed by atoms with van der Waals surface area (Å²) < 4.78 is 0. The highest BCUT2D eigenvalue weighted by atomic mass is 32.2. The van der Waals surface area contributed by atoms with Crippen LogP contribution in [0.5, 0.6) is 0 Å². The zero-order valence-electron chi connectivity index (χ0n) is 10.4. The normalized spacial score (nSPS) is 17.9. The highest BCUT2D eigenvalue weighted by Gasteiger charge is 2.39. The number of aromatic carboxylic acids is 1. The third-order valence-electron chi connectivity index (χ3n) is 2.63. The Morgan fingerprint density at radius 2 is 1.81 bits per heavy atom. The van der Waals surface area contributed by atoms with Crippen molar-refractivity contribution >= 4 is 40.5 Å². The van der Waals surface area contributed by atoms with Crippen LogP contribution >= 0.6 is 11.8 Å². The first-order valence-electron chi connectivity index (χ1n) is 5.68. The van der Waals surface area contributed by atoms with Crippen LogP contribution < -0.4 is 15.5 Å². The molecule has 0 unspecified atom stereocenters. The van der Waals surface area contributed by atoms with Crippen molar-refractivity contribution < 1.29 is 29.4 Å². The van der Waals surface area contributed by atoms with E-state index >= 15 is 0 Å². The van der Waals surface area contributed by atoms with Crippen molar-refractivity contribution in [3.63, 3.8) is 0 Å². The Hall–Kier alpha value is -2.55. The fraction of sp³-hybridized carbons (Fsp3) is 0.167. The maximum absolute atomic E-state index is 11.9. The number of amides is 2. The molecular formula is C12H8N2O6S-2. The number of benzene rings is 1. The zero-order valence-corrected chi connectivity index (χ0v) is 11.2. The van der Waals surface area contributed by atoms with E-state index in [9.17, 15) is 29.4 Å². The molecule has 1 atom stereocenters. The van der Waals surface area contributed by atoms with Crippen LogP contribution in [0, 0.1) is 0 Å². The molecule has 1 fully saturated rings. The third-order valence-corrected chi connectivity index (χ3v) is 3.61. The van der Waals surface area contributed by atoms with Gasteiger partial charge in [-0.3, -0.25) is 14.5 Å². The Bertz CT molecular complexity index is 615. The quantitative estimate of drug-likeness (QED) is 0.676. The van der Waals surface area contributed by atoms with E-state index in [1.165, 1.54) is 24.3 Å². The van der Waals surface area contributed by atoms with E-state index in [0.717, 1.165) is 0 Å². The van der Waals surface area contributed by atoms with Crippen LogP contribution in [0.4, 0.5) is 10.5 Å². The second-order valence-electron chi connectivity index (χ2n) is 4.07. The number of aliphatic carboxylic acids is 1. The molecule has 0 aliphatic carbocycles. The fourth-order valence-electron chi connectivity index (χ4n) is 1.66. The highest BCUT2D eigenvalue weighted by Crippen LogP contribution is 2.27. The molecule has 8 nitrogen and oxygen atoms in total. The number of carboxylic acid groups (broad SMARTS) is 2. The van der Waals surface area contributed by atoms with E-state index in [2.05, 4.69) is 5.32 Å². The number of anilines is 1. The molecule has 1 aliphatic heterocycles. The van der Waals surface area contributed by atoms with Gasteiger partial charge in [0.2, 0.25) is 0 Å². The molecule has 1 saturated heterocycles. The van der Waals surface area contributed by atoms with Crippen molar-refractivity contribution in [3.05, 3.63) is 29.8 Å². The molecule has 2 amide bonds. The van der Waals surface area contributed by atoms with Crippen LogP contribution in [-0.4, -0.2) is 39.9 Å². The Balaban J connectivity index is 2.06. The largest absolute Gasteiger partial charge is 0.548 e. The number of hydrogen-bond donors (Lipinski definition) is 1. The lowest BCUT2D eigenvalue weighted by Gasteiger charge is -2.15. The zero-order chi connectivity index (χ0) is 15.6. The second-order valence-corrected chi connectivity index (χ2v) is 5.13. The Kier molecular flexibility index (Phi) is 4.13. The number of thioether (sulfide) groups is 1. The van der Waals surface area contributed by atoms with Gasteiger partial charge in [-0.15, -0.1) is 0 Å². The van der Waals surface area contributed by atoms with Crippen LogP contribution in [0.3, 0.4) is 0 Å². The van der Waals surface area contributed by atoms with Crippen LogP contribution in [0.2, 0.25) is 0 Å². The molecule has 1 N–H and O–H groups in total. The van der Waals surface area contributed by atoms with Gasteiger partial charge < -0.3 is 25.1 Å². The summed E-state index contributed by atoms with van der Waals surface area (Å²) in [5.41, 5.74) is 0.384.